The molecule has 0 saturated heterocycles. The number of carboxylic acid groups (broad SMARTS) is 1. The van der Waals surface area contributed by atoms with Crippen molar-refractivity contribution >= 4 is 23.5 Å². The van der Waals surface area contributed by atoms with Crippen molar-refractivity contribution in [3.63, 3.8) is 0 Å². The predicted molar refractivity (Wildman–Crippen MR) is 72.0 cm³/mol. The lowest BCUT2D eigenvalue weighted by molar-refractivity contribution is -0.136. The summed E-state index contributed by atoms with van der Waals surface area (Å²) >= 11 is 6.04. The van der Waals surface area contributed by atoms with Gasteiger partial charge in [-0.2, -0.15) is 0 Å². The van der Waals surface area contributed by atoms with E-state index in [-0.39, 0.29) is 23.9 Å². The Morgan fingerprint density at radius 3 is 2.70 bits per heavy atom. The van der Waals surface area contributed by atoms with Crippen LogP contribution in [0.25, 0.3) is 0 Å². The van der Waals surface area contributed by atoms with Crippen LogP contribution < -0.4 is 20.5 Å². The van der Waals surface area contributed by atoms with Gasteiger partial charge in [0.1, 0.15) is 0 Å². The lowest BCUT2D eigenvalue weighted by Gasteiger charge is -2.13. The third kappa shape index (κ3) is 4.94. The summed E-state index contributed by atoms with van der Waals surface area (Å²) in [6.07, 6.45) is 0. The number of hydrogen-bond donors (Lipinski definition) is 3. The van der Waals surface area contributed by atoms with Crippen LogP contribution in [0, 0.1) is 0 Å². The molecule has 8 heteroatoms. The van der Waals surface area contributed by atoms with E-state index in [4.69, 9.17) is 31.9 Å². The summed E-state index contributed by atoms with van der Waals surface area (Å²) in [5.41, 5.74) is 5.71. The van der Waals surface area contributed by atoms with Crippen molar-refractivity contribution in [3.8, 4) is 11.5 Å². The van der Waals surface area contributed by atoms with E-state index in [2.05, 4.69) is 5.32 Å². The summed E-state index contributed by atoms with van der Waals surface area (Å²) in [5.74, 6) is -1.03. The molecule has 0 atom stereocenters. The number of amides is 1. The first-order valence-electron chi connectivity index (χ1n) is 5.64. The summed E-state index contributed by atoms with van der Waals surface area (Å²) in [7, 11) is 1.43. The van der Waals surface area contributed by atoms with Crippen LogP contribution in [0.3, 0.4) is 0 Å². The molecule has 1 amide bonds. The number of methoxy groups -OCH3 is 1. The van der Waals surface area contributed by atoms with Crippen molar-refractivity contribution < 1.29 is 24.2 Å². The monoisotopic (exact) mass is 302 g/mol. The maximum atomic E-state index is 10.7. The van der Waals surface area contributed by atoms with Gasteiger partial charge in [-0.1, -0.05) is 11.6 Å². The van der Waals surface area contributed by atoms with E-state index in [0.717, 1.165) is 5.56 Å². The molecule has 0 aliphatic heterocycles. The second kappa shape index (κ2) is 7.56. The second-order valence-corrected chi connectivity index (χ2v) is 4.27. The molecule has 1 aromatic carbocycles. The second-order valence-electron chi connectivity index (χ2n) is 3.86. The lowest BCUT2D eigenvalue weighted by Crippen LogP contribution is -2.22. The van der Waals surface area contributed by atoms with Gasteiger partial charge in [0, 0.05) is 6.54 Å². The highest BCUT2D eigenvalue weighted by atomic mass is 35.5. The molecule has 1 aromatic rings. The minimum Gasteiger partial charge on any atom is -0.493 e. The van der Waals surface area contributed by atoms with E-state index in [1.54, 1.807) is 12.1 Å². The van der Waals surface area contributed by atoms with Gasteiger partial charge in [-0.3, -0.25) is 9.59 Å². The van der Waals surface area contributed by atoms with Crippen LogP contribution in [0.5, 0.6) is 11.5 Å². The fourth-order valence-corrected chi connectivity index (χ4v) is 1.76. The molecule has 4 N–H and O–H groups in total. The van der Waals surface area contributed by atoms with E-state index in [9.17, 15) is 9.59 Å². The van der Waals surface area contributed by atoms with Crippen LogP contribution >= 0.6 is 11.6 Å². The molecule has 0 spiro atoms. The molecule has 0 saturated carbocycles. The highest BCUT2D eigenvalue weighted by molar-refractivity contribution is 6.32. The fourth-order valence-electron chi connectivity index (χ4n) is 1.47. The Bertz CT molecular complexity index is 507. The molecule has 0 radical (unpaired) electrons. The largest absolute Gasteiger partial charge is 0.493 e. The van der Waals surface area contributed by atoms with Gasteiger partial charge >= 0.3 is 5.97 Å². The van der Waals surface area contributed by atoms with Crippen molar-refractivity contribution in [3.05, 3.63) is 22.7 Å². The SMILES string of the molecule is COc1cc(CNCC(=O)O)cc(Cl)c1OCC(N)=O. The third-order valence-electron chi connectivity index (χ3n) is 2.25. The molecule has 0 unspecified atom stereocenters. The van der Waals surface area contributed by atoms with E-state index in [1.165, 1.54) is 7.11 Å². The maximum absolute atomic E-state index is 10.7. The van der Waals surface area contributed by atoms with Crippen LogP contribution in [0.1, 0.15) is 5.56 Å². The fraction of sp³-hybridized carbons (Fsp3) is 0.333. The minimum absolute atomic E-state index is 0.167. The molecule has 20 heavy (non-hydrogen) atoms. The Morgan fingerprint density at radius 1 is 1.45 bits per heavy atom. The number of benzene rings is 1. The standard InChI is InChI=1S/C12H15ClN2O5/c1-19-9-3-7(4-15-5-11(17)18)2-8(13)12(9)20-6-10(14)16/h2-3,15H,4-6H2,1H3,(H2,14,16)(H,17,18). The highest BCUT2D eigenvalue weighted by Crippen LogP contribution is 2.36. The number of carbonyl (C=O) groups excluding carboxylic acids is 1. The number of nitrogens with one attached hydrogen (secondary N) is 1. The van der Waals surface area contributed by atoms with Gasteiger partial charge in [-0.15, -0.1) is 0 Å². The molecule has 110 valence electrons. The molecule has 0 aromatic heterocycles. The van der Waals surface area contributed by atoms with Crippen LogP contribution in [0.15, 0.2) is 12.1 Å². The van der Waals surface area contributed by atoms with Gasteiger partial charge in [0.05, 0.1) is 18.7 Å². The number of carboxylic acids is 1. The number of hydrogen-bond acceptors (Lipinski definition) is 5. The van der Waals surface area contributed by atoms with Gasteiger partial charge in [0.15, 0.2) is 18.1 Å². The smallest absolute Gasteiger partial charge is 0.317 e. The van der Waals surface area contributed by atoms with Gasteiger partial charge in [-0.25, -0.2) is 0 Å². The first-order valence-corrected chi connectivity index (χ1v) is 6.02. The van der Waals surface area contributed by atoms with Crippen molar-refractivity contribution in [2.45, 2.75) is 6.54 Å². The molecule has 0 aliphatic rings. The van der Waals surface area contributed by atoms with Gasteiger partial charge in [0.25, 0.3) is 5.91 Å². The molecular weight excluding hydrogens is 288 g/mol. The van der Waals surface area contributed by atoms with Crippen molar-refractivity contribution in [1.82, 2.24) is 5.32 Å². The number of aliphatic carboxylic acids is 1. The first kappa shape index (κ1) is 16.1. The summed E-state index contributed by atoms with van der Waals surface area (Å²) in [4.78, 5) is 21.1. The highest BCUT2D eigenvalue weighted by Gasteiger charge is 2.13. The van der Waals surface area contributed by atoms with Crippen molar-refractivity contribution in [2.24, 2.45) is 5.73 Å². The molecule has 7 nitrogen and oxygen atoms in total. The quantitative estimate of drug-likeness (QED) is 0.640. The topological polar surface area (TPSA) is 111 Å². The number of ether oxygens (including phenoxy) is 2. The Morgan fingerprint density at radius 2 is 2.15 bits per heavy atom. The first-order chi connectivity index (χ1) is 9.43. The predicted octanol–water partition coefficient (Wildman–Crippen LogP) is 0.387. The number of primary amides is 1. The zero-order chi connectivity index (χ0) is 15.1. The maximum Gasteiger partial charge on any atom is 0.317 e. The van der Waals surface area contributed by atoms with Gasteiger partial charge < -0.3 is 25.6 Å². The Hall–Kier alpha value is -1.99. The lowest BCUT2D eigenvalue weighted by atomic mass is 10.2. The molecule has 0 aliphatic carbocycles. The van der Waals surface area contributed by atoms with E-state index >= 15 is 0 Å². The summed E-state index contributed by atoms with van der Waals surface area (Å²) in [6.45, 7) is -0.176. The van der Waals surface area contributed by atoms with Gasteiger partial charge in [0.2, 0.25) is 0 Å². The normalized spacial score (nSPS) is 10.1. The van der Waals surface area contributed by atoms with Crippen molar-refractivity contribution in [2.75, 3.05) is 20.3 Å². The molecule has 0 heterocycles. The minimum atomic E-state index is -0.954. The van der Waals surface area contributed by atoms with E-state index in [1.807, 2.05) is 0 Å². The third-order valence-corrected chi connectivity index (χ3v) is 2.53. The van der Waals surface area contributed by atoms with Crippen LogP contribution in [-0.2, 0) is 16.1 Å². The zero-order valence-corrected chi connectivity index (χ0v) is 11.6. The summed E-state index contributed by atoms with van der Waals surface area (Å²) in [5, 5.41) is 11.5. The number of rotatable bonds is 8. The summed E-state index contributed by atoms with van der Waals surface area (Å²) in [6, 6.07) is 3.23. The van der Waals surface area contributed by atoms with Crippen molar-refractivity contribution in [1.29, 1.82) is 0 Å². The Balaban J connectivity index is 2.83. The Labute approximate surface area is 120 Å². The molecule has 0 bridgehead atoms. The number of halogens is 1. The molecule has 1 rings (SSSR count). The Kier molecular flexibility index (Phi) is 6.08. The van der Waals surface area contributed by atoms with E-state index < -0.39 is 11.9 Å². The average molecular weight is 303 g/mol. The number of carbonyl (C=O) groups is 2. The zero-order valence-electron chi connectivity index (χ0n) is 10.8. The number of nitrogens with two attached hydrogens (primary N) is 1. The molecular formula is C12H15ClN2O5. The average Bonchev–Trinajstić information content (AvgIpc) is 2.36. The van der Waals surface area contributed by atoms with E-state index in [0.29, 0.717) is 12.3 Å². The summed E-state index contributed by atoms with van der Waals surface area (Å²) < 4.78 is 10.3. The van der Waals surface area contributed by atoms with Crippen LogP contribution in [-0.4, -0.2) is 37.2 Å². The van der Waals surface area contributed by atoms with Crippen LogP contribution in [0.4, 0.5) is 0 Å². The molecule has 0 fully saturated rings. The van der Waals surface area contributed by atoms with Gasteiger partial charge in [-0.05, 0) is 17.7 Å². The van der Waals surface area contributed by atoms with Crippen LogP contribution in [0.2, 0.25) is 5.02 Å².